The highest BCUT2D eigenvalue weighted by Gasteiger charge is 2.52. The highest BCUT2D eigenvalue weighted by Crippen LogP contribution is 2.58. The third-order valence-electron chi connectivity index (χ3n) is 4.17. The lowest BCUT2D eigenvalue weighted by Crippen LogP contribution is -2.41. The fourth-order valence-electron chi connectivity index (χ4n) is 2.20. The minimum absolute atomic E-state index is 0.130. The number of hydrogen-bond acceptors (Lipinski definition) is 0. The molecule has 1 rings (SSSR count). The summed E-state index contributed by atoms with van der Waals surface area (Å²) in [4.78, 5) is 0. The summed E-state index contributed by atoms with van der Waals surface area (Å²) in [6.45, 7) is 6.86. The van der Waals surface area contributed by atoms with Crippen molar-refractivity contribution in [1.82, 2.24) is 0 Å². The minimum Gasteiger partial charge on any atom is -0.145 e. The summed E-state index contributed by atoms with van der Waals surface area (Å²) >= 11 is 13.5. The zero-order valence-electron chi connectivity index (χ0n) is 9.74. The van der Waals surface area contributed by atoms with E-state index in [-0.39, 0.29) is 5.04 Å². The van der Waals surface area contributed by atoms with Crippen molar-refractivity contribution in [3.8, 4) is 0 Å². The Kier molecular flexibility index (Phi) is 3.99. The van der Waals surface area contributed by atoms with Gasteiger partial charge in [0.25, 0.3) is 6.69 Å². The van der Waals surface area contributed by atoms with Crippen LogP contribution < -0.4 is 0 Å². The Morgan fingerprint density at radius 2 is 1.57 bits per heavy atom. The summed E-state index contributed by atoms with van der Waals surface area (Å²) in [7, 11) is 0. The number of rotatable bonds is 3. The fraction of sp³-hybridized carbons (Fsp3) is 1.00. The molecule has 1 saturated carbocycles. The molecule has 1 aliphatic rings. The molecule has 0 bridgehead atoms. The molecule has 84 valence electrons. The van der Waals surface area contributed by atoms with Crippen LogP contribution in [0.3, 0.4) is 0 Å². The molecule has 0 saturated heterocycles. The average molecular weight is 253 g/mol. The molecule has 14 heavy (non-hydrogen) atoms. The Morgan fingerprint density at radius 1 is 1.14 bits per heavy atom. The molecule has 0 unspecified atom stereocenters. The highest BCUT2D eigenvalue weighted by molar-refractivity contribution is 7.47. The first-order chi connectivity index (χ1) is 6.30. The lowest BCUT2D eigenvalue weighted by Gasteiger charge is -2.42. The van der Waals surface area contributed by atoms with Gasteiger partial charge in [-0.2, -0.15) is 0 Å². The largest absolute Gasteiger partial charge is 0.259 e. The van der Waals surface area contributed by atoms with Crippen LogP contribution in [0.4, 0.5) is 0 Å². The monoisotopic (exact) mass is 252 g/mol. The number of hydrogen-bond donors (Lipinski definition) is 0. The van der Waals surface area contributed by atoms with Crippen molar-refractivity contribution >= 4 is 28.9 Å². The van der Waals surface area contributed by atoms with Gasteiger partial charge in [-0.3, -0.25) is 0 Å². The summed E-state index contributed by atoms with van der Waals surface area (Å²) < 4.78 is 0. The van der Waals surface area contributed by atoms with E-state index in [2.05, 4.69) is 27.7 Å². The molecule has 0 aliphatic heterocycles. The fourth-order valence-corrected chi connectivity index (χ4v) is 7.77. The molecule has 3 heteroatoms. The van der Waals surface area contributed by atoms with E-state index >= 15 is 0 Å². The van der Waals surface area contributed by atoms with E-state index in [0.29, 0.717) is 11.5 Å². The maximum atomic E-state index is 6.73. The summed E-state index contributed by atoms with van der Waals surface area (Å²) in [5, 5.41) is 0.130. The molecule has 1 fully saturated rings. The Morgan fingerprint density at radius 3 is 1.93 bits per heavy atom. The molecule has 0 amide bonds. The van der Waals surface area contributed by atoms with Gasteiger partial charge in [0.05, 0.1) is 0 Å². The molecule has 1 aliphatic carbocycles. The van der Waals surface area contributed by atoms with Crippen molar-refractivity contribution in [3.05, 3.63) is 0 Å². The van der Waals surface area contributed by atoms with Gasteiger partial charge in [0.1, 0.15) is 0 Å². The summed E-state index contributed by atoms with van der Waals surface area (Å²) in [6.07, 6.45) is 5.17. The van der Waals surface area contributed by atoms with Gasteiger partial charge in [-0.15, -0.1) is 22.2 Å². The molecular formula is C11H22Cl2Si. The molecule has 0 aromatic rings. The SMILES string of the molecule is CC(C)C(C)(C)[Si](Cl)(Cl)C1CCCC1. The van der Waals surface area contributed by atoms with Crippen LogP contribution in [0.15, 0.2) is 0 Å². The average Bonchev–Trinajstić information content (AvgIpc) is 2.55. The topological polar surface area (TPSA) is 0 Å². The summed E-state index contributed by atoms with van der Waals surface area (Å²) in [5.41, 5.74) is 0.628. The van der Waals surface area contributed by atoms with Crippen molar-refractivity contribution < 1.29 is 0 Å². The normalized spacial score (nSPS) is 20.8. The third kappa shape index (κ3) is 2.15. The Balaban J connectivity index is 2.81. The molecule has 0 aromatic carbocycles. The van der Waals surface area contributed by atoms with Gasteiger partial charge in [-0.1, -0.05) is 53.4 Å². The Labute approximate surface area is 98.8 Å². The molecule has 0 atom stereocenters. The first kappa shape index (κ1) is 12.9. The lowest BCUT2D eigenvalue weighted by molar-refractivity contribution is 0.460. The van der Waals surface area contributed by atoms with Crippen molar-refractivity contribution in [2.24, 2.45) is 5.92 Å². The van der Waals surface area contributed by atoms with Crippen LogP contribution in [0, 0.1) is 5.92 Å². The standard InChI is InChI=1S/C11H22Cl2Si/c1-9(2)11(3,4)14(12,13)10-7-5-6-8-10/h9-10H,5-8H2,1-4H3. The summed E-state index contributed by atoms with van der Waals surface area (Å²) in [6, 6.07) is 0. The van der Waals surface area contributed by atoms with Crippen LogP contribution in [0.2, 0.25) is 10.6 Å². The van der Waals surface area contributed by atoms with Crippen LogP contribution in [0.5, 0.6) is 0 Å². The molecule has 0 N–H and O–H groups in total. The van der Waals surface area contributed by atoms with Crippen LogP contribution in [-0.2, 0) is 0 Å². The molecule has 0 radical (unpaired) electrons. The van der Waals surface area contributed by atoms with Crippen LogP contribution >= 0.6 is 22.2 Å². The van der Waals surface area contributed by atoms with Gasteiger partial charge in [0, 0.05) is 0 Å². The predicted octanol–water partition coefficient (Wildman–Crippen LogP) is 5.29. The van der Waals surface area contributed by atoms with Crippen molar-refractivity contribution in [2.45, 2.75) is 64.0 Å². The molecule has 0 aromatic heterocycles. The molecule has 0 nitrogen and oxygen atoms in total. The summed E-state index contributed by atoms with van der Waals surface area (Å²) in [5.74, 6) is 0.574. The first-order valence-corrected chi connectivity index (χ1v) is 9.78. The van der Waals surface area contributed by atoms with E-state index in [1.54, 1.807) is 0 Å². The smallest absolute Gasteiger partial charge is 0.145 e. The quantitative estimate of drug-likeness (QED) is 0.473. The van der Waals surface area contributed by atoms with E-state index in [4.69, 9.17) is 22.2 Å². The lowest BCUT2D eigenvalue weighted by atomic mass is 9.99. The van der Waals surface area contributed by atoms with Crippen molar-refractivity contribution in [2.75, 3.05) is 0 Å². The first-order valence-electron chi connectivity index (χ1n) is 5.68. The Bertz CT molecular complexity index is 193. The van der Waals surface area contributed by atoms with Gasteiger partial charge >= 0.3 is 0 Å². The second kappa shape index (κ2) is 4.35. The van der Waals surface area contributed by atoms with E-state index < -0.39 is 6.69 Å². The second-order valence-corrected chi connectivity index (χ2v) is 13.0. The van der Waals surface area contributed by atoms with Gasteiger partial charge in [0.2, 0.25) is 0 Å². The van der Waals surface area contributed by atoms with E-state index in [1.165, 1.54) is 25.7 Å². The van der Waals surface area contributed by atoms with Crippen LogP contribution in [0.25, 0.3) is 0 Å². The maximum Gasteiger partial charge on any atom is 0.259 e. The van der Waals surface area contributed by atoms with Gasteiger partial charge in [-0.25, -0.2) is 0 Å². The van der Waals surface area contributed by atoms with Gasteiger partial charge < -0.3 is 0 Å². The zero-order valence-corrected chi connectivity index (χ0v) is 12.3. The van der Waals surface area contributed by atoms with Crippen LogP contribution in [0.1, 0.15) is 53.4 Å². The molecular weight excluding hydrogens is 231 g/mol. The van der Waals surface area contributed by atoms with Gasteiger partial charge in [-0.05, 0) is 16.5 Å². The van der Waals surface area contributed by atoms with E-state index in [1.807, 2.05) is 0 Å². The van der Waals surface area contributed by atoms with Crippen LogP contribution in [-0.4, -0.2) is 6.69 Å². The van der Waals surface area contributed by atoms with Gasteiger partial charge in [0.15, 0.2) is 0 Å². The third-order valence-corrected chi connectivity index (χ3v) is 12.8. The highest BCUT2D eigenvalue weighted by atomic mass is 35.7. The van der Waals surface area contributed by atoms with E-state index in [0.717, 1.165) is 0 Å². The maximum absolute atomic E-state index is 6.73. The second-order valence-electron chi connectivity index (χ2n) is 5.48. The van der Waals surface area contributed by atoms with Crippen molar-refractivity contribution in [3.63, 3.8) is 0 Å². The molecule has 0 heterocycles. The number of halogens is 2. The Hall–Kier alpha value is 0.797. The minimum atomic E-state index is -2.12. The molecule has 0 spiro atoms. The predicted molar refractivity (Wildman–Crippen MR) is 68.6 cm³/mol. The van der Waals surface area contributed by atoms with E-state index in [9.17, 15) is 0 Å². The zero-order chi connectivity index (χ0) is 11.0. The van der Waals surface area contributed by atoms with Crippen molar-refractivity contribution in [1.29, 1.82) is 0 Å².